The van der Waals surface area contributed by atoms with Crippen LogP contribution in [-0.2, 0) is 16.0 Å². The highest BCUT2D eigenvalue weighted by atomic mass is 32.1. The Morgan fingerprint density at radius 3 is 2.24 bits per heavy atom. The largest absolute Gasteiger partial charge is 0.473 e. The van der Waals surface area contributed by atoms with E-state index in [-0.39, 0.29) is 11.6 Å². The van der Waals surface area contributed by atoms with Crippen LogP contribution in [0.4, 0.5) is 5.69 Å². The highest BCUT2D eigenvalue weighted by molar-refractivity contribution is 7.20. The minimum absolute atomic E-state index is 0. The van der Waals surface area contributed by atoms with Gasteiger partial charge in [-0.2, -0.15) is 0 Å². The summed E-state index contributed by atoms with van der Waals surface area (Å²) in [5.74, 6) is -3.65. The standard InChI is InChI=1S/C25H34N4OS.C2H2O4.H2O/c1-19(2)30-25-27-23-10-9-22(17-24(23)31-25)26-20(3)18-29-15-13-28(14-16-29)12-11-21-7-5-4-6-8-21;3-1(4)2(5)6;/h4-10,17,19-20,26H,11-16,18H2,1-3H3;(H,3,4)(H,5,6);1H2. The van der Waals surface area contributed by atoms with E-state index in [0.29, 0.717) is 6.04 Å². The van der Waals surface area contributed by atoms with Gasteiger partial charge in [0.1, 0.15) is 0 Å². The number of rotatable bonds is 9. The summed E-state index contributed by atoms with van der Waals surface area (Å²) in [6.45, 7) is 13.2. The van der Waals surface area contributed by atoms with Gasteiger partial charge in [0.2, 0.25) is 0 Å². The van der Waals surface area contributed by atoms with Crippen molar-refractivity contribution in [2.45, 2.75) is 39.3 Å². The molecule has 1 aliphatic rings. The van der Waals surface area contributed by atoms with Crippen molar-refractivity contribution in [3.05, 3.63) is 54.1 Å². The Bertz CT molecular complexity index is 1140. The molecule has 1 aromatic heterocycles. The number of fused-ring (bicyclic) bond motifs is 1. The van der Waals surface area contributed by atoms with Crippen LogP contribution >= 0.6 is 11.3 Å². The summed E-state index contributed by atoms with van der Waals surface area (Å²) in [4.78, 5) is 27.9. The van der Waals surface area contributed by atoms with Gasteiger partial charge < -0.3 is 30.6 Å². The van der Waals surface area contributed by atoms with E-state index in [0.717, 1.165) is 62.1 Å². The maximum absolute atomic E-state index is 9.10. The van der Waals surface area contributed by atoms with Crippen LogP contribution in [0.2, 0.25) is 0 Å². The summed E-state index contributed by atoms with van der Waals surface area (Å²) in [6.07, 6.45) is 1.29. The van der Waals surface area contributed by atoms with Crippen molar-refractivity contribution in [3.63, 3.8) is 0 Å². The number of thiazole rings is 1. The van der Waals surface area contributed by atoms with Gasteiger partial charge in [0.25, 0.3) is 5.19 Å². The smallest absolute Gasteiger partial charge is 0.414 e. The average molecular weight is 547 g/mol. The maximum Gasteiger partial charge on any atom is 0.414 e. The van der Waals surface area contributed by atoms with E-state index in [9.17, 15) is 0 Å². The zero-order chi connectivity index (χ0) is 26.8. The van der Waals surface area contributed by atoms with Crippen molar-refractivity contribution < 1.29 is 30.0 Å². The van der Waals surface area contributed by atoms with Crippen LogP contribution in [-0.4, -0.2) is 93.8 Å². The SMILES string of the molecule is CC(CN1CCN(CCc2ccccc2)CC1)Nc1ccc2nc(OC(C)C)sc2c1.O.O=C(O)C(=O)O. The van der Waals surface area contributed by atoms with Gasteiger partial charge in [-0.3, -0.25) is 4.90 Å². The number of carbonyl (C=O) groups is 2. The molecule has 2 heterocycles. The third-order valence-corrected chi connectivity index (χ3v) is 6.77. The molecule has 10 nitrogen and oxygen atoms in total. The molecule has 1 aliphatic heterocycles. The van der Waals surface area contributed by atoms with Crippen LogP contribution in [0.15, 0.2) is 48.5 Å². The molecule has 1 saturated heterocycles. The third-order valence-electron chi connectivity index (χ3n) is 5.86. The Kier molecular flexibility index (Phi) is 12.4. The molecule has 1 unspecified atom stereocenters. The second-order valence-corrected chi connectivity index (χ2v) is 10.4. The van der Waals surface area contributed by atoms with Crippen molar-refractivity contribution in [2.24, 2.45) is 0 Å². The molecule has 38 heavy (non-hydrogen) atoms. The van der Waals surface area contributed by atoms with Gasteiger partial charge in [0.15, 0.2) is 0 Å². The first kappa shape index (κ1) is 31.0. The molecule has 3 aromatic rings. The minimum atomic E-state index is -1.82. The van der Waals surface area contributed by atoms with Gasteiger partial charge in [-0.05, 0) is 51.0 Å². The predicted octanol–water partition coefficient (Wildman–Crippen LogP) is 3.08. The van der Waals surface area contributed by atoms with Gasteiger partial charge in [-0.1, -0.05) is 41.7 Å². The lowest BCUT2D eigenvalue weighted by Crippen LogP contribution is -2.49. The van der Waals surface area contributed by atoms with Crippen molar-refractivity contribution in [1.29, 1.82) is 0 Å². The fraction of sp³-hybridized carbons (Fsp3) is 0.444. The lowest BCUT2D eigenvalue weighted by Gasteiger charge is -2.36. The monoisotopic (exact) mass is 546 g/mol. The van der Waals surface area contributed by atoms with Gasteiger partial charge in [-0.25, -0.2) is 14.6 Å². The predicted molar refractivity (Wildman–Crippen MR) is 150 cm³/mol. The molecule has 0 spiro atoms. The summed E-state index contributed by atoms with van der Waals surface area (Å²) in [5, 5.41) is 19.2. The van der Waals surface area contributed by atoms with Crippen molar-refractivity contribution >= 4 is 39.2 Å². The van der Waals surface area contributed by atoms with E-state index in [1.165, 1.54) is 10.3 Å². The molecule has 0 saturated carbocycles. The molecular formula is C27H38N4O6S. The van der Waals surface area contributed by atoms with Gasteiger partial charge >= 0.3 is 11.9 Å². The zero-order valence-electron chi connectivity index (χ0n) is 22.1. The van der Waals surface area contributed by atoms with Gasteiger partial charge in [-0.15, -0.1) is 0 Å². The number of piperazine rings is 1. The Morgan fingerprint density at radius 2 is 1.63 bits per heavy atom. The first-order valence-corrected chi connectivity index (χ1v) is 13.3. The fourth-order valence-electron chi connectivity index (χ4n) is 4.09. The van der Waals surface area contributed by atoms with Crippen LogP contribution in [0.1, 0.15) is 26.3 Å². The van der Waals surface area contributed by atoms with Crippen molar-refractivity contribution in [1.82, 2.24) is 14.8 Å². The number of carboxylic acid groups (broad SMARTS) is 2. The summed E-state index contributed by atoms with van der Waals surface area (Å²) < 4.78 is 6.91. The highest BCUT2D eigenvalue weighted by Gasteiger charge is 2.18. The Hall–Kier alpha value is -3.25. The van der Waals surface area contributed by atoms with E-state index in [4.69, 9.17) is 24.5 Å². The molecule has 11 heteroatoms. The quantitative estimate of drug-likeness (QED) is 0.345. The molecule has 0 amide bonds. The third kappa shape index (κ3) is 10.3. The van der Waals surface area contributed by atoms with E-state index in [2.05, 4.69) is 75.6 Å². The van der Waals surface area contributed by atoms with E-state index in [1.807, 2.05) is 13.8 Å². The number of carboxylic acids is 2. The topological polar surface area (TPSA) is 147 Å². The number of nitrogens with zero attached hydrogens (tertiary/aromatic N) is 3. The lowest BCUT2D eigenvalue weighted by atomic mass is 10.1. The lowest BCUT2D eigenvalue weighted by molar-refractivity contribution is -0.159. The number of aliphatic carboxylic acids is 2. The van der Waals surface area contributed by atoms with E-state index < -0.39 is 11.9 Å². The molecule has 2 aromatic carbocycles. The van der Waals surface area contributed by atoms with Crippen LogP contribution < -0.4 is 10.1 Å². The fourth-order valence-corrected chi connectivity index (χ4v) is 5.07. The number of hydrogen-bond acceptors (Lipinski definition) is 8. The number of aromatic nitrogens is 1. The Morgan fingerprint density at radius 1 is 1.00 bits per heavy atom. The van der Waals surface area contributed by atoms with Crippen LogP contribution in [0.25, 0.3) is 10.2 Å². The van der Waals surface area contributed by atoms with Gasteiger partial charge in [0.05, 0.1) is 16.3 Å². The summed E-state index contributed by atoms with van der Waals surface area (Å²) in [7, 11) is 0. The van der Waals surface area contributed by atoms with E-state index >= 15 is 0 Å². The first-order chi connectivity index (χ1) is 17.7. The zero-order valence-corrected chi connectivity index (χ0v) is 22.9. The average Bonchev–Trinajstić information content (AvgIpc) is 3.25. The molecule has 0 aliphatic carbocycles. The molecule has 4 rings (SSSR count). The summed E-state index contributed by atoms with van der Waals surface area (Å²) >= 11 is 1.62. The normalized spacial score (nSPS) is 14.7. The molecule has 0 radical (unpaired) electrons. The number of hydrogen-bond donors (Lipinski definition) is 3. The highest BCUT2D eigenvalue weighted by Crippen LogP contribution is 2.30. The summed E-state index contributed by atoms with van der Waals surface area (Å²) in [5.41, 5.74) is 3.59. The number of ether oxygens (including phenoxy) is 1. The molecule has 1 atom stereocenters. The van der Waals surface area contributed by atoms with Gasteiger partial charge in [0, 0.05) is 51.0 Å². The Labute approximate surface area is 227 Å². The maximum atomic E-state index is 9.10. The molecule has 5 N–H and O–H groups in total. The number of benzene rings is 2. The Balaban J connectivity index is 0.000000652. The second kappa shape index (κ2) is 15.2. The minimum Gasteiger partial charge on any atom is -0.473 e. The molecule has 208 valence electrons. The van der Waals surface area contributed by atoms with Crippen LogP contribution in [0, 0.1) is 0 Å². The summed E-state index contributed by atoms with van der Waals surface area (Å²) in [6, 6.07) is 17.6. The molecular weight excluding hydrogens is 508 g/mol. The molecule has 0 bridgehead atoms. The number of nitrogens with one attached hydrogen (secondary N) is 1. The van der Waals surface area contributed by atoms with Crippen LogP contribution in [0.5, 0.6) is 5.19 Å². The van der Waals surface area contributed by atoms with Crippen molar-refractivity contribution in [3.8, 4) is 5.19 Å². The first-order valence-electron chi connectivity index (χ1n) is 12.5. The van der Waals surface area contributed by atoms with Crippen LogP contribution in [0.3, 0.4) is 0 Å². The second-order valence-electron chi connectivity index (χ2n) is 9.36. The molecule has 1 fully saturated rings. The van der Waals surface area contributed by atoms with Crippen molar-refractivity contribution in [2.75, 3.05) is 44.6 Å². The number of anilines is 1. The van der Waals surface area contributed by atoms with E-state index in [1.54, 1.807) is 11.3 Å².